The molecule has 2 fully saturated rings. The summed E-state index contributed by atoms with van der Waals surface area (Å²) < 4.78 is 4.64. The number of hydrogen-bond donors (Lipinski definition) is 3. The first-order valence-electron chi connectivity index (χ1n) is 17.9. The van der Waals surface area contributed by atoms with Gasteiger partial charge in [0, 0.05) is 12.1 Å². The van der Waals surface area contributed by atoms with E-state index >= 15 is 0 Å². The third-order valence-electron chi connectivity index (χ3n) is 11.9. The number of fused-ring (bicyclic) bond motifs is 4. The van der Waals surface area contributed by atoms with Crippen molar-refractivity contribution in [2.45, 2.75) is 82.1 Å². The van der Waals surface area contributed by atoms with Gasteiger partial charge >= 0.3 is 6.09 Å². The third kappa shape index (κ3) is 4.96. The fraction of sp³-hybridized carbons (Fsp3) is 0.400. The average Bonchev–Trinajstić information content (AvgIpc) is 3.97. The number of hydrogen-bond acceptors (Lipinski definition) is 5. The highest BCUT2D eigenvalue weighted by molar-refractivity contribution is 5.88. The van der Waals surface area contributed by atoms with Crippen LogP contribution in [0.15, 0.2) is 55.0 Å². The molecule has 5 aromatic rings. The first kappa shape index (κ1) is 30.2. The maximum Gasteiger partial charge on any atom is 0.407 e. The van der Waals surface area contributed by atoms with Gasteiger partial charge in [-0.2, -0.15) is 0 Å². The topological polar surface area (TPSA) is 116 Å². The number of methoxy groups -OCH3 is 1. The van der Waals surface area contributed by atoms with Crippen LogP contribution in [0.5, 0.6) is 0 Å². The van der Waals surface area contributed by atoms with Crippen molar-refractivity contribution in [2.75, 3.05) is 20.2 Å². The van der Waals surface area contributed by atoms with Gasteiger partial charge in [-0.3, -0.25) is 4.79 Å². The SMILES string of the molecule is COC(=O)NCC(=O)N1CCCC1c1nc2ccc(-c3ccc(-c4ccc(-c5cnc[nH]5)c5c4CCC5)c4c3C3(CCCC3)CC4)cc2[nH]1. The Hall–Kier alpha value is -4.92. The van der Waals surface area contributed by atoms with Crippen molar-refractivity contribution < 1.29 is 14.3 Å². The summed E-state index contributed by atoms with van der Waals surface area (Å²) in [6, 6.07) is 16.0. The third-order valence-corrected chi connectivity index (χ3v) is 11.9. The predicted molar refractivity (Wildman–Crippen MR) is 189 cm³/mol. The number of carbonyl (C=O) groups excluding carboxylic acids is 2. The minimum absolute atomic E-state index is 0.0897. The predicted octanol–water partition coefficient (Wildman–Crippen LogP) is 7.55. The number of ether oxygens (including phenoxy) is 1. The number of imidazole rings is 2. The van der Waals surface area contributed by atoms with E-state index in [9.17, 15) is 9.59 Å². The van der Waals surface area contributed by atoms with Crippen molar-refractivity contribution in [1.82, 2.24) is 30.2 Å². The molecule has 1 saturated heterocycles. The van der Waals surface area contributed by atoms with E-state index in [1.807, 2.05) is 11.1 Å². The Morgan fingerprint density at radius 2 is 1.69 bits per heavy atom. The lowest BCUT2D eigenvalue weighted by Crippen LogP contribution is -2.40. The summed E-state index contributed by atoms with van der Waals surface area (Å²) in [4.78, 5) is 42.6. The molecular weight excluding hydrogens is 612 g/mol. The fourth-order valence-electron chi connectivity index (χ4n) is 9.69. The number of nitrogens with zero attached hydrogens (tertiary/aromatic N) is 3. The van der Waals surface area contributed by atoms with Gasteiger partial charge in [0.05, 0.1) is 42.4 Å². The monoisotopic (exact) mass is 654 g/mol. The van der Waals surface area contributed by atoms with Crippen LogP contribution in [0.3, 0.4) is 0 Å². The van der Waals surface area contributed by atoms with Crippen LogP contribution in [-0.4, -0.2) is 57.0 Å². The van der Waals surface area contributed by atoms with E-state index in [4.69, 9.17) is 4.98 Å². The Bertz CT molecular complexity index is 2090. The molecule has 4 aliphatic rings. The molecule has 0 bridgehead atoms. The summed E-state index contributed by atoms with van der Waals surface area (Å²) in [6.45, 7) is 0.553. The number of rotatable bonds is 6. The van der Waals surface area contributed by atoms with Crippen LogP contribution in [0.2, 0.25) is 0 Å². The second-order valence-electron chi connectivity index (χ2n) is 14.4. The van der Waals surface area contributed by atoms with E-state index in [2.05, 4.69) is 67.5 Å². The lowest BCUT2D eigenvalue weighted by molar-refractivity contribution is -0.131. The van der Waals surface area contributed by atoms with E-state index in [1.165, 1.54) is 84.6 Å². The zero-order valence-electron chi connectivity index (χ0n) is 28.0. The largest absolute Gasteiger partial charge is 0.453 e. The Labute approximate surface area is 285 Å². The number of aromatic nitrogens is 4. The molecule has 3 aromatic carbocycles. The van der Waals surface area contributed by atoms with Gasteiger partial charge in [0.25, 0.3) is 0 Å². The molecule has 0 radical (unpaired) electrons. The van der Waals surface area contributed by atoms with Crippen molar-refractivity contribution in [3.8, 4) is 33.5 Å². The fourth-order valence-corrected chi connectivity index (χ4v) is 9.69. The molecule has 3 aliphatic carbocycles. The molecule has 1 aliphatic heterocycles. The first-order valence-corrected chi connectivity index (χ1v) is 17.9. The van der Waals surface area contributed by atoms with Crippen molar-refractivity contribution >= 4 is 23.0 Å². The smallest absolute Gasteiger partial charge is 0.407 e. The summed E-state index contributed by atoms with van der Waals surface area (Å²) in [7, 11) is 1.30. The standard InChI is InChI=1S/C40H42N6O3/c1-49-39(48)42-22-36(47)46-19-5-8-35(46)38-44-32-14-9-24(20-33(32)45-38)25-10-11-29(31-15-18-40(37(25)31)16-2-3-17-40)28-12-13-30(34-21-41-23-43-34)27-7-4-6-26(27)28/h9-14,20-21,23,35H,2-8,15-19,22H2,1H3,(H,41,43)(H,42,48)(H,44,45). The summed E-state index contributed by atoms with van der Waals surface area (Å²) in [5.41, 5.74) is 16.1. The lowest BCUT2D eigenvalue weighted by Gasteiger charge is -2.28. The molecule has 1 saturated carbocycles. The van der Waals surface area contributed by atoms with Gasteiger partial charge in [-0.15, -0.1) is 0 Å². The van der Waals surface area contributed by atoms with E-state index < -0.39 is 6.09 Å². The van der Waals surface area contributed by atoms with Crippen LogP contribution in [0.4, 0.5) is 4.79 Å². The summed E-state index contributed by atoms with van der Waals surface area (Å²) in [6.07, 6.45) is 15.8. The summed E-state index contributed by atoms with van der Waals surface area (Å²) in [5, 5.41) is 2.52. The summed E-state index contributed by atoms with van der Waals surface area (Å²) in [5.74, 6) is 0.671. The Balaban J connectivity index is 1.09. The molecule has 1 spiro atoms. The van der Waals surface area contributed by atoms with Gasteiger partial charge < -0.3 is 24.9 Å². The van der Waals surface area contributed by atoms with E-state index in [0.29, 0.717) is 6.54 Å². The van der Waals surface area contributed by atoms with Crippen LogP contribution in [-0.2, 0) is 34.2 Å². The van der Waals surface area contributed by atoms with Crippen molar-refractivity contribution in [3.63, 3.8) is 0 Å². The number of carbonyl (C=O) groups is 2. The average molecular weight is 655 g/mol. The molecule has 9 heteroatoms. The Morgan fingerprint density at radius 3 is 2.49 bits per heavy atom. The quantitative estimate of drug-likeness (QED) is 0.175. The summed E-state index contributed by atoms with van der Waals surface area (Å²) >= 11 is 0. The molecule has 9 nitrogen and oxygen atoms in total. The van der Waals surface area contributed by atoms with E-state index in [1.54, 1.807) is 17.5 Å². The molecule has 3 N–H and O–H groups in total. The zero-order valence-corrected chi connectivity index (χ0v) is 28.0. The molecule has 1 atom stereocenters. The molecule has 49 heavy (non-hydrogen) atoms. The van der Waals surface area contributed by atoms with Gasteiger partial charge in [-0.25, -0.2) is 14.8 Å². The molecule has 2 amide bonds. The van der Waals surface area contributed by atoms with Crippen molar-refractivity contribution in [2.24, 2.45) is 0 Å². The minimum Gasteiger partial charge on any atom is -0.453 e. The molecule has 250 valence electrons. The van der Waals surface area contributed by atoms with Crippen LogP contribution >= 0.6 is 0 Å². The highest BCUT2D eigenvalue weighted by Crippen LogP contribution is 2.56. The van der Waals surface area contributed by atoms with Crippen LogP contribution in [0.25, 0.3) is 44.5 Å². The molecule has 9 rings (SSSR count). The lowest BCUT2D eigenvalue weighted by atomic mass is 9.76. The minimum atomic E-state index is -0.605. The van der Waals surface area contributed by atoms with Crippen molar-refractivity contribution in [1.29, 1.82) is 0 Å². The Morgan fingerprint density at radius 1 is 0.918 bits per heavy atom. The van der Waals surface area contributed by atoms with E-state index in [0.717, 1.165) is 54.7 Å². The number of nitrogens with one attached hydrogen (secondary N) is 3. The van der Waals surface area contributed by atoms with E-state index in [-0.39, 0.29) is 23.9 Å². The number of H-pyrrole nitrogens is 2. The number of likely N-dealkylation sites (tertiary alicyclic amines) is 1. The maximum absolute atomic E-state index is 13.0. The molecule has 3 heterocycles. The second-order valence-corrected chi connectivity index (χ2v) is 14.4. The molecule has 2 aromatic heterocycles. The van der Waals surface area contributed by atoms with Gasteiger partial charge in [-0.1, -0.05) is 43.2 Å². The van der Waals surface area contributed by atoms with Gasteiger partial charge in [0.2, 0.25) is 5.91 Å². The first-order chi connectivity index (χ1) is 24.0. The van der Waals surface area contributed by atoms with Crippen LogP contribution < -0.4 is 5.32 Å². The molecular formula is C40H42N6O3. The van der Waals surface area contributed by atoms with Gasteiger partial charge in [0.15, 0.2) is 0 Å². The molecule has 1 unspecified atom stereocenters. The number of amides is 2. The highest BCUT2D eigenvalue weighted by Gasteiger charge is 2.44. The number of alkyl carbamates (subject to hydrolysis) is 1. The number of benzene rings is 3. The maximum atomic E-state index is 13.0. The number of aromatic amines is 2. The van der Waals surface area contributed by atoms with Crippen LogP contribution in [0, 0.1) is 0 Å². The van der Waals surface area contributed by atoms with Crippen molar-refractivity contribution in [3.05, 3.63) is 83.1 Å². The normalized spacial score (nSPS) is 19.1. The second kappa shape index (κ2) is 11.9. The highest BCUT2D eigenvalue weighted by atomic mass is 16.5. The van der Waals surface area contributed by atoms with Gasteiger partial charge in [0.1, 0.15) is 12.4 Å². The van der Waals surface area contributed by atoms with Gasteiger partial charge in [-0.05, 0) is 120 Å². The Kier molecular flexibility index (Phi) is 7.32. The zero-order chi connectivity index (χ0) is 33.1. The van der Waals surface area contributed by atoms with Crippen LogP contribution in [0.1, 0.15) is 85.5 Å².